The first-order valence-electron chi connectivity index (χ1n) is 5.67. The fourth-order valence-electron chi connectivity index (χ4n) is 1.33. The highest BCUT2D eigenvalue weighted by Gasteiger charge is 2.20. The van der Waals surface area contributed by atoms with Crippen LogP contribution in [0.3, 0.4) is 0 Å². The summed E-state index contributed by atoms with van der Waals surface area (Å²) in [6.07, 6.45) is 0. The number of hydrogen-bond donors (Lipinski definition) is 2. The third kappa shape index (κ3) is 4.22. The molecule has 0 aliphatic heterocycles. The third-order valence-electron chi connectivity index (χ3n) is 2.24. The number of nitrogens with zero attached hydrogens (tertiary/aromatic N) is 1. The van der Waals surface area contributed by atoms with E-state index < -0.39 is 16.4 Å². The van der Waals surface area contributed by atoms with Crippen LogP contribution in [0.4, 0.5) is 5.69 Å². The van der Waals surface area contributed by atoms with Crippen LogP contribution in [0, 0.1) is 10.1 Å². The predicted octanol–water partition coefficient (Wildman–Crippen LogP) is 1.07. The summed E-state index contributed by atoms with van der Waals surface area (Å²) in [6.45, 7) is 3.63. The quantitative estimate of drug-likeness (QED) is 0.613. The number of rotatable bonds is 5. The van der Waals surface area contributed by atoms with Crippen LogP contribution in [0.5, 0.6) is 5.75 Å². The van der Waals surface area contributed by atoms with Gasteiger partial charge in [-0.2, -0.15) is 0 Å². The molecule has 19 heavy (non-hydrogen) atoms. The van der Waals surface area contributed by atoms with Crippen LogP contribution in [0.1, 0.15) is 24.2 Å². The van der Waals surface area contributed by atoms with E-state index in [2.05, 4.69) is 5.32 Å². The Morgan fingerprint density at radius 2 is 2.16 bits per heavy atom. The molecule has 0 spiro atoms. The van der Waals surface area contributed by atoms with Gasteiger partial charge >= 0.3 is 5.69 Å². The van der Waals surface area contributed by atoms with Gasteiger partial charge in [-0.1, -0.05) is 0 Å². The standard InChI is InChI=1S/C12H17N3O4/c1-12(2,13)7-19-10-5-4-8(11(16)14-3)6-9(10)15(17)18/h4-6H,7,13H2,1-3H3,(H,14,16). The van der Waals surface area contributed by atoms with Gasteiger partial charge in [0.05, 0.1) is 4.92 Å². The van der Waals surface area contributed by atoms with Gasteiger partial charge in [0.25, 0.3) is 5.91 Å². The summed E-state index contributed by atoms with van der Waals surface area (Å²) in [4.78, 5) is 21.8. The summed E-state index contributed by atoms with van der Waals surface area (Å²) < 4.78 is 5.33. The Labute approximate surface area is 110 Å². The Kier molecular flexibility index (Phi) is 4.44. The maximum Gasteiger partial charge on any atom is 0.311 e. The lowest BCUT2D eigenvalue weighted by atomic mass is 10.1. The minimum atomic E-state index is -0.604. The Morgan fingerprint density at radius 3 is 2.63 bits per heavy atom. The highest BCUT2D eigenvalue weighted by Crippen LogP contribution is 2.28. The van der Waals surface area contributed by atoms with Crippen molar-refractivity contribution in [2.75, 3.05) is 13.7 Å². The third-order valence-corrected chi connectivity index (χ3v) is 2.24. The van der Waals surface area contributed by atoms with Crippen molar-refractivity contribution >= 4 is 11.6 Å². The van der Waals surface area contributed by atoms with Crippen LogP contribution in [0.25, 0.3) is 0 Å². The van der Waals surface area contributed by atoms with Crippen LogP contribution >= 0.6 is 0 Å². The summed E-state index contributed by atoms with van der Waals surface area (Å²) in [5.41, 5.74) is 5.09. The highest BCUT2D eigenvalue weighted by molar-refractivity contribution is 5.94. The first-order valence-corrected chi connectivity index (χ1v) is 5.67. The van der Waals surface area contributed by atoms with Crippen molar-refractivity contribution in [3.05, 3.63) is 33.9 Å². The number of ether oxygens (including phenoxy) is 1. The first kappa shape index (κ1) is 14.9. The molecule has 0 radical (unpaired) electrons. The number of nitrogens with two attached hydrogens (primary N) is 1. The SMILES string of the molecule is CNC(=O)c1ccc(OCC(C)(C)N)c([N+](=O)[O-])c1. The van der Waals surface area contributed by atoms with Crippen molar-refractivity contribution in [3.63, 3.8) is 0 Å². The number of benzene rings is 1. The molecular formula is C12H17N3O4. The molecule has 0 unspecified atom stereocenters. The molecule has 1 aromatic carbocycles. The van der Waals surface area contributed by atoms with Gasteiger partial charge in [-0.3, -0.25) is 14.9 Å². The van der Waals surface area contributed by atoms with Crippen molar-refractivity contribution in [2.45, 2.75) is 19.4 Å². The molecule has 0 fully saturated rings. The Balaban J connectivity index is 3.05. The number of nitrogens with one attached hydrogen (secondary N) is 1. The van der Waals surface area contributed by atoms with Gasteiger partial charge in [-0.15, -0.1) is 0 Å². The predicted molar refractivity (Wildman–Crippen MR) is 70.2 cm³/mol. The number of carbonyl (C=O) groups is 1. The monoisotopic (exact) mass is 267 g/mol. The Morgan fingerprint density at radius 1 is 1.53 bits per heavy atom. The minimum Gasteiger partial charge on any atom is -0.485 e. The number of hydrogen-bond acceptors (Lipinski definition) is 5. The Hall–Kier alpha value is -2.15. The highest BCUT2D eigenvalue weighted by atomic mass is 16.6. The molecule has 1 rings (SSSR count). The van der Waals surface area contributed by atoms with Crippen LogP contribution in [-0.2, 0) is 0 Å². The van der Waals surface area contributed by atoms with Gasteiger partial charge < -0.3 is 15.8 Å². The second-order valence-electron chi connectivity index (χ2n) is 4.80. The second kappa shape index (κ2) is 5.66. The number of amides is 1. The maximum atomic E-state index is 11.4. The van der Waals surface area contributed by atoms with Crippen LogP contribution in [0.2, 0.25) is 0 Å². The molecule has 0 aliphatic rings. The van der Waals surface area contributed by atoms with E-state index in [1.807, 2.05) is 0 Å². The van der Waals surface area contributed by atoms with E-state index in [4.69, 9.17) is 10.5 Å². The van der Waals surface area contributed by atoms with E-state index in [0.717, 1.165) is 0 Å². The molecule has 0 saturated carbocycles. The van der Waals surface area contributed by atoms with Gasteiger partial charge in [-0.05, 0) is 26.0 Å². The molecule has 1 amide bonds. The summed E-state index contributed by atoms with van der Waals surface area (Å²) in [5, 5.41) is 13.4. The maximum absolute atomic E-state index is 11.4. The molecular weight excluding hydrogens is 250 g/mol. The molecule has 0 atom stereocenters. The number of nitro groups is 1. The van der Waals surface area contributed by atoms with Crippen molar-refractivity contribution in [3.8, 4) is 5.75 Å². The zero-order valence-electron chi connectivity index (χ0n) is 11.1. The summed E-state index contributed by atoms with van der Waals surface area (Å²) in [7, 11) is 1.45. The zero-order valence-corrected chi connectivity index (χ0v) is 11.1. The molecule has 0 heterocycles. The molecule has 7 heteroatoms. The normalized spacial score (nSPS) is 10.9. The van der Waals surface area contributed by atoms with E-state index in [9.17, 15) is 14.9 Å². The van der Waals surface area contributed by atoms with Gasteiger partial charge in [0.1, 0.15) is 6.61 Å². The van der Waals surface area contributed by atoms with Crippen molar-refractivity contribution in [2.24, 2.45) is 5.73 Å². The average molecular weight is 267 g/mol. The summed E-state index contributed by atoms with van der Waals surface area (Å²) >= 11 is 0. The molecule has 7 nitrogen and oxygen atoms in total. The van der Waals surface area contributed by atoms with E-state index >= 15 is 0 Å². The molecule has 0 aromatic heterocycles. The lowest BCUT2D eigenvalue weighted by molar-refractivity contribution is -0.385. The van der Waals surface area contributed by atoms with Gasteiger partial charge in [0.15, 0.2) is 5.75 Å². The van der Waals surface area contributed by atoms with Crippen LogP contribution in [-0.4, -0.2) is 30.0 Å². The minimum absolute atomic E-state index is 0.0937. The van der Waals surface area contributed by atoms with E-state index in [1.165, 1.54) is 25.2 Å². The summed E-state index contributed by atoms with van der Waals surface area (Å²) in [6, 6.07) is 4.04. The van der Waals surface area contributed by atoms with Crippen molar-refractivity contribution in [1.82, 2.24) is 5.32 Å². The van der Waals surface area contributed by atoms with Crippen molar-refractivity contribution < 1.29 is 14.5 Å². The van der Waals surface area contributed by atoms with Crippen molar-refractivity contribution in [1.29, 1.82) is 0 Å². The fraction of sp³-hybridized carbons (Fsp3) is 0.417. The van der Waals surface area contributed by atoms with E-state index in [-0.39, 0.29) is 23.6 Å². The van der Waals surface area contributed by atoms with Crippen LogP contribution in [0.15, 0.2) is 18.2 Å². The number of nitro benzene ring substituents is 1. The van der Waals surface area contributed by atoms with Gasteiger partial charge in [0.2, 0.25) is 0 Å². The lowest BCUT2D eigenvalue weighted by Crippen LogP contribution is -2.38. The molecule has 1 aromatic rings. The van der Waals surface area contributed by atoms with Gasteiger partial charge in [-0.25, -0.2) is 0 Å². The molecule has 104 valence electrons. The van der Waals surface area contributed by atoms with E-state index in [1.54, 1.807) is 13.8 Å². The zero-order chi connectivity index (χ0) is 14.6. The lowest BCUT2D eigenvalue weighted by Gasteiger charge is -2.18. The molecule has 0 aliphatic carbocycles. The Bertz CT molecular complexity index is 494. The molecule has 3 N–H and O–H groups in total. The van der Waals surface area contributed by atoms with Crippen LogP contribution < -0.4 is 15.8 Å². The first-order chi connectivity index (χ1) is 8.74. The smallest absolute Gasteiger partial charge is 0.311 e. The van der Waals surface area contributed by atoms with Gasteiger partial charge in [0, 0.05) is 24.2 Å². The van der Waals surface area contributed by atoms with E-state index in [0.29, 0.717) is 0 Å². The summed E-state index contributed by atoms with van der Waals surface area (Å²) in [5.74, 6) is -0.301. The topological polar surface area (TPSA) is 107 Å². The second-order valence-corrected chi connectivity index (χ2v) is 4.80. The molecule has 0 saturated heterocycles. The fourth-order valence-corrected chi connectivity index (χ4v) is 1.33. The largest absolute Gasteiger partial charge is 0.485 e. The molecule has 0 bridgehead atoms. The average Bonchev–Trinajstić information content (AvgIpc) is 2.34. The number of carbonyl (C=O) groups excluding carboxylic acids is 1.